The van der Waals surface area contributed by atoms with E-state index in [2.05, 4.69) is 11.9 Å². The van der Waals surface area contributed by atoms with Gasteiger partial charge in [0.1, 0.15) is 18.3 Å². The first-order valence-corrected chi connectivity index (χ1v) is 13.0. The molecule has 1 N–H and O–H groups in total. The van der Waals surface area contributed by atoms with E-state index >= 15 is 0 Å². The highest BCUT2D eigenvalue weighted by Gasteiger charge is 2.45. The van der Waals surface area contributed by atoms with Crippen LogP contribution in [0.1, 0.15) is 41.4 Å². The molecule has 39 heavy (non-hydrogen) atoms. The summed E-state index contributed by atoms with van der Waals surface area (Å²) >= 11 is 0. The topological polar surface area (TPSA) is 83.1 Å². The maximum Gasteiger partial charge on any atom is 0.316 e. The minimum absolute atomic E-state index is 0.000550. The second kappa shape index (κ2) is 10.3. The third-order valence-corrected chi connectivity index (χ3v) is 7.66. The van der Waals surface area contributed by atoms with Gasteiger partial charge in [-0.25, -0.2) is 0 Å². The van der Waals surface area contributed by atoms with Crippen molar-refractivity contribution >= 4 is 11.8 Å². The fraction of sp³-hybridized carbons (Fsp3) is 0.250. The Hall–Kier alpha value is -4.52. The van der Waals surface area contributed by atoms with Crippen LogP contribution in [0.5, 0.6) is 17.2 Å². The number of hydrogen-bond acceptors (Lipinski definition) is 7. The van der Waals surface area contributed by atoms with Gasteiger partial charge in [-0.3, -0.25) is 9.59 Å². The molecule has 0 bridgehead atoms. The Kier molecular flexibility index (Phi) is 6.57. The summed E-state index contributed by atoms with van der Waals surface area (Å²) in [4.78, 5) is 27.4. The van der Waals surface area contributed by atoms with Crippen molar-refractivity contribution in [2.24, 2.45) is 5.92 Å². The molecule has 2 aliphatic heterocycles. The van der Waals surface area contributed by atoms with Crippen molar-refractivity contribution < 1.29 is 28.5 Å². The van der Waals surface area contributed by atoms with Gasteiger partial charge in [-0.1, -0.05) is 55.1 Å². The number of allylic oxidation sites excluding steroid dienone is 2. The lowest BCUT2D eigenvalue weighted by atomic mass is 9.69. The molecular weight excluding hydrogens is 494 g/mol. The predicted octanol–water partition coefficient (Wildman–Crippen LogP) is 5.38. The molecule has 0 amide bonds. The number of Topliss-reactive ketones (excluding diaryl/α,β-unsaturated/α-hetero) is 1. The van der Waals surface area contributed by atoms with Crippen molar-refractivity contribution in [3.63, 3.8) is 0 Å². The van der Waals surface area contributed by atoms with E-state index in [-0.39, 0.29) is 25.1 Å². The molecule has 1 aliphatic carbocycles. The van der Waals surface area contributed by atoms with E-state index in [0.717, 1.165) is 28.1 Å². The van der Waals surface area contributed by atoms with Crippen molar-refractivity contribution in [1.82, 2.24) is 5.32 Å². The fourth-order valence-electron chi connectivity index (χ4n) is 5.72. The first kappa shape index (κ1) is 24.8. The molecule has 3 aliphatic rings. The number of carbonyl (C=O) groups excluding carboxylic acids is 2. The lowest BCUT2D eigenvalue weighted by Gasteiger charge is -2.40. The first-order chi connectivity index (χ1) is 19.0. The zero-order valence-corrected chi connectivity index (χ0v) is 21.6. The van der Waals surface area contributed by atoms with E-state index in [0.29, 0.717) is 35.6 Å². The number of hydrogen-bond donors (Lipinski definition) is 1. The summed E-state index contributed by atoms with van der Waals surface area (Å²) in [5.41, 5.74) is 4.65. The molecule has 2 heterocycles. The smallest absolute Gasteiger partial charge is 0.316 e. The van der Waals surface area contributed by atoms with Gasteiger partial charge in [0, 0.05) is 29.3 Å². The van der Waals surface area contributed by atoms with Gasteiger partial charge in [0.25, 0.3) is 0 Å². The number of esters is 1. The minimum atomic E-state index is -0.783. The van der Waals surface area contributed by atoms with E-state index < -0.39 is 17.8 Å². The van der Waals surface area contributed by atoms with E-state index in [4.69, 9.17) is 18.9 Å². The maximum atomic E-state index is 13.8. The lowest BCUT2D eigenvalue weighted by Crippen LogP contribution is -2.42. The van der Waals surface area contributed by atoms with Crippen LogP contribution < -0.4 is 19.5 Å². The number of carbonyl (C=O) groups is 2. The summed E-state index contributed by atoms with van der Waals surface area (Å²) in [6, 6.07) is 22.9. The minimum Gasteiger partial charge on any atom is -0.497 e. The first-order valence-electron chi connectivity index (χ1n) is 13.0. The van der Waals surface area contributed by atoms with Crippen LogP contribution in [0.2, 0.25) is 0 Å². The van der Waals surface area contributed by atoms with E-state index in [1.807, 2.05) is 72.8 Å². The van der Waals surface area contributed by atoms with Crippen molar-refractivity contribution in [1.29, 1.82) is 0 Å². The van der Waals surface area contributed by atoms with Gasteiger partial charge in [-0.2, -0.15) is 0 Å². The average molecular weight is 524 g/mol. The molecule has 0 saturated heterocycles. The molecule has 0 fully saturated rings. The number of ketones is 1. The number of methoxy groups -OCH3 is 1. The van der Waals surface area contributed by atoms with Gasteiger partial charge in [-0.15, -0.1) is 0 Å². The SMILES string of the molecule is C=C1NC2=C(C(=O)CC(c3ccc(OC)cc3)C2)C(c2ccc3c(c2)OCO3)C1C(=O)OCc1ccccc1. The van der Waals surface area contributed by atoms with Gasteiger partial charge in [0.2, 0.25) is 6.79 Å². The average Bonchev–Trinajstić information content (AvgIpc) is 3.44. The van der Waals surface area contributed by atoms with Crippen LogP contribution in [0, 0.1) is 5.92 Å². The van der Waals surface area contributed by atoms with Crippen molar-refractivity contribution in [3.8, 4) is 17.2 Å². The molecule has 3 aromatic rings. The van der Waals surface area contributed by atoms with Crippen LogP contribution in [0.4, 0.5) is 0 Å². The maximum absolute atomic E-state index is 13.8. The molecule has 0 radical (unpaired) electrons. The van der Waals surface area contributed by atoms with Crippen LogP contribution in [-0.2, 0) is 20.9 Å². The third-order valence-electron chi connectivity index (χ3n) is 7.66. The van der Waals surface area contributed by atoms with Crippen LogP contribution >= 0.6 is 0 Å². The molecule has 0 spiro atoms. The fourth-order valence-corrected chi connectivity index (χ4v) is 5.72. The van der Waals surface area contributed by atoms with Gasteiger partial charge in [-0.05, 0) is 53.3 Å². The van der Waals surface area contributed by atoms with Crippen LogP contribution in [0.15, 0.2) is 96.3 Å². The molecule has 0 saturated carbocycles. The van der Waals surface area contributed by atoms with Crippen molar-refractivity contribution in [2.75, 3.05) is 13.9 Å². The molecule has 0 aromatic heterocycles. The summed E-state index contributed by atoms with van der Waals surface area (Å²) in [6.45, 7) is 4.50. The predicted molar refractivity (Wildman–Crippen MR) is 144 cm³/mol. The Bertz CT molecular complexity index is 1460. The Morgan fingerprint density at radius 3 is 2.49 bits per heavy atom. The van der Waals surface area contributed by atoms with Crippen LogP contribution in [-0.4, -0.2) is 25.7 Å². The number of fused-ring (bicyclic) bond motifs is 1. The quantitative estimate of drug-likeness (QED) is 0.434. The molecule has 3 unspecified atom stereocenters. The van der Waals surface area contributed by atoms with Gasteiger partial charge < -0.3 is 24.3 Å². The second-order valence-corrected chi connectivity index (χ2v) is 10.0. The van der Waals surface area contributed by atoms with Gasteiger partial charge in [0.15, 0.2) is 17.3 Å². The highest BCUT2D eigenvalue weighted by Crippen LogP contribution is 2.48. The van der Waals surface area contributed by atoms with E-state index in [9.17, 15) is 9.59 Å². The number of benzene rings is 3. The summed E-state index contributed by atoms with van der Waals surface area (Å²) in [5, 5.41) is 3.34. The third kappa shape index (κ3) is 4.76. The summed E-state index contributed by atoms with van der Waals surface area (Å²) in [7, 11) is 1.63. The molecule has 198 valence electrons. The van der Waals surface area contributed by atoms with Crippen molar-refractivity contribution in [3.05, 3.63) is 113 Å². The largest absolute Gasteiger partial charge is 0.497 e. The Morgan fingerprint density at radius 2 is 1.72 bits per heavy atom. The molecule has 7 heteroatoms. The summed E-state index contributed by atoms with van der Waals surface area (Å²) < 4.78 is 22.2. The van der Waals surface area contributed by atoms with Crippen LogP contribution in [0.3, 0.4) is 0 Å². The highest BCUT2D eigenvalue weighted by molar-refractivity contribution is 6.01. The normalized spacial score (nSPS) is 21.7. The van der Waals surface area contributed by atoms with Crippen LogP contribution in [0.25, 0.3) is 0 Å². The Balaban J connectivity index is 1.36. The number of ether oxygens (including phenoxy) is 4. The molecule has 3 atom stereocenters. The zero-order valence-electron chi connectivity index (χ0n) is 21.6. The highest BCUT2D eigenvalue weighted by atomic mass is 16.7. The standard InChI is InChI=1S/C32H29NO6/c1-19-29(32(35)37-17-20-6-4-3-5-7-20)30(22-10-13-27-28(16-22)39-18-38-27)31-25(33-19)14-23(15-26(31)34)21-8-11-24(36-2)12-9-21/h3-13,16,23,29-30,33H,1,14-15,17-18H2,2H3. The molecular formula is C32H29NO6. The summed E-state index contributed by atoms with van der Waals surface area (Å²) in [5.74, 6) is 0.223. The Labute approximate surface area is 227 Å². The summed E-state index contributed by atoms with van der Waals surface area (Å²) in [6.07, 6.45) is 0.964. The van der Waals surface area contributed by atoms with E-state index in [1.54, 1.807) is 7.11 Å². The van der Waals surface area contributed by atoms with Gasteiger partial charge >= 0.3 is 5.97 Å². The lowest BCUT2D eigenvalue weighted by molar-refractivity contribution is -0.149. The second-order valence-electron chi connectivity index (χ2n) is 10.0. The van der Waals surface area contributed by atoms with Gasteiger partial charge in [0.05, 0.1) is 7.11 Å². The number of nitrogens with one attached hydrogen (secondary N) is 1. The number of rotatable bonds is 6. The monoisotopic (exact) mass is 523 g/mol. The Morgan fingerprint density at radius 1 is 0.974 bits per heavy atom. The zero-order chi connectivity index (χ0) is 26.9. The molecule has 3 aromatic carbocycles. The van der Waals surface area contributed by atoms with Crippen molar-refractivity contribution in [2.45, 2.75) is 31.3 Å². The van der Waals surface area contributed by atoms with E-state index in [1.165, 1.54) is 0 Å². The molecule has 6 rings (SSSR count). The molecule has 7 nitrogen and oxygen atoms in total.